The van der Waals surface area contributed by atoms with Gasteiger partial charge in [-0.3, -0.25) is 4.79 Å². The number of likely N-dealkylation sites (N-methyl/N-ethyl adjacent to an activating group) is 1. The maximum Gasteiger partial charge on any atom is 0.243 e. The molecule has 0 aliphatic carbocycles. The van der Waals surface area contributed by atoms with E-state index in [-0.39, 0.29) is 35.8 Å². The fraction of sp³-hybridized carbons (Fsp3) is 0.462. The Kier molecular flexibility index (Phi) is 8.01. The number of nitrogens with zero attached hydrogens (tertiary/aromatic N) is 1. The predicted molar refractivity (Wildman–Crippen MR) is 93.9 cm³/mol. The zero-order valence-corrected chi connectivity index (χ0v) is 16.1. The van der Waals surface area contributed by atoms with Gasteiger partial charge in [0.15, 0.2) is 0 Å². The lowest BCUT2D eigenvalue weighted by Crippen LogP contribution is -2.39. The van der Waals surface area contributed by atoms with Crippen LogP contribution >= 0.6 is 28.3 Å². The number of nitrogens with one attached hydrogen (secondary N) is 1. The van der Waals surface area contributed by atoms with Crippen LogP contribution < -0.4 is 11.1 Å². The first-order chi connectivity index (χ1) is 9.61. The van der Waals surface area contributed by atoms with Crippen LogP contribution in [0.1, 0.15) is 19.4 Å². The number of carbonyl (C=O) groups is 1. The molecule has 0 saturated heterocycles. The van der Waals surface area contributed by atoms with E-state index in [9.17, 15) is 13.2 Å². The molecule has 0 radical (unpaired) electrons. The van der Waals surface area contributed by atoms with Crippen molar-refractivity contribution in [3.8, 4) is 0 Å². The number of rotatable bonds is 5. The largest absolute Gasteiger partial charge is 0.329 e. The van der Waals surface area contributed by atoms with Crippen LogP contribution in [0.15, 0.2) is 21.5 Å². The van der Waals surface area contributed by atoms with E-state index in [1.54, 1.807) is 19.9 Å². The molecule has 1 aromatic carbocycles. The van der Waals surface area contributed by atoms with E-state index in [2.05, 4.69) is 21.2 Å². The molecule has 6 nitrogen and oxygen atoms in total. The fourth-order valence-corrected chi connectivity index (χ4v) is 3.96. The molecule has 0 heterocycles. The average molecular weight is 415 g/mol. The van der Waals surface area contributed by atoms with E-state index in [1.807, 2.05) is 0 Å². The highest BCUT2D eigenvalue weighted by molar-refractivity contribution is 9.10. The SMILES string of the molecule is CC(=O)Nc1cc(C)c(S(=O)(=O)N(C)C(C)CN)cc1Br.Cl. The third-order valence-corrected chi connectivity index (χ3v) is 5.96. The number of hydrogen-bond acceptors (Lipinski definition) is 4. The van der Waals surface area contributed by atoms with E-state index < -0.39 is 10.0 Å². The van der Waals surface area contributed by atoms with Crippen LogP contribution in [0.4, 0.5) is 5.69 Å². The summed E-state index contributed by atoms with van der Waals surface area (Å²) in [7, 11) is -2.14. The van der Waals surface area contributed by atoms with Gasteiger partial charge in [0, 0.05) is 31.0 Å². The molecule has 0 aliphatic heterocycles. The summed E-state index contributed by atoms with van der Waals surface area (Å²) in [5, 5.41) is 2.64. The maximum absolute atomic E-state index is 12.6. The Hall–Kier alpha value is -0.670. The van der Waals surface area contributed by atoms with Crippen LogP contribution in [0, 0.1) is 6.92 Å². The summed E-state index contributed by atoms with van der Waals surface area (Å²) >= 11 is 3.28. The quantitative estimate of drug-likeness (QED) is 0.771. The lowest BCUT2D eigenvalue weighted by molar-refractivity contribution is -0.114. The summed E-state index contributed by atoms with van der Waals surface area (Å²) < 4.78 is 27.0. The minimum Gasteiger partial charge on any atom is -0.329 e. The first kappa shape index (κ1) is 21.3. The second-order valence-corrected chi connectivity index (χ2v) is 7.70. The van der Waals surface area contributed by atoms with Gasteiger partial charge in [-0.1, -0.05) is 0 Å². The van der Waals surface area contributed by atoms with Gasteiger partial charge in [-0.05, 0) is 47.5 Å². The lowest BCUT2D eigenvalue weighted by Gasteiger charge is -2.24. The van der Waals surface area contributed by atoms with Crippen molar-refractivity contribution in [1.82, 2.24) is 4.31 Å². The number of sulfonamides is 1. The molecule has 22 heavy (non-hydrogen) atoms. The van der Waals surface area contributed by atoms with Crippen LogP contribution in [0.25, 0.3) is 0 Å². The van der Waals surface area contributed by atoms with Gasteiger partial charge in [0.1, 0.15) is 0 Å². The third kappa shape index (κ3) is 4.66. The number of halogens is 2. The van der Waals surface area contributed by atoms with Gasteiger partial charge in [0.05, 0.1) is 10.6 Å². The minimum absolute atomic E-state index is 0. The van der Waals surface area contributed by atoms with Crippen LogP contribution in [0.3, 0.4) is 0 Å². The van der Waals surface area contributed by atoms with Crippen molar-refractivity contribution >= 4 is 50.0 Å². The van der Waals surface area contributed by atoms with Crippen molar-refractivity contribution in [3.05, 3.63) is 22.2 Å². The molecule has 0 spiro atoms. The molecule has 0 bridgehead atoms. The average Bonchev–Trinajstić information content (AvgIpc) is 2.39. The molecule has 0 aromatic heterocycles. The van der Waals surface area contributed by atoms with Gasteiger partial charge in [0.25, 0.3) is 0 Å². The summed E-state index contributed by atoms with van der Waals surface area (Å²) in [6.45, 7) is 5.06. The topological polar surface area (TPSA) is 92.5 Å². The number of carbonyl (C=O) groups excluding carboxylic acids is 1. The number of amides is 1. The molecule has 1 aromatic rings. The van der Waals surface area contributed by atoms with E-state index in [0.717, 1.165) is 0 Å². The molecule has 3 N–H and O–H groups in total. The molecule has 1 unspecified atom stereocenters. The van der Waals surface area contributed by atoms with Gasteiger partial charge in [-0.25, -0.2) is 8.42 Å². The Balaban J connectivity index is 0.00000441. The monoisotopic (exact) mass is 413 g/mol. The van der Waals surface area contributed by atoms with Crippen molar-refractivity contribution in [1.29, 1.82) is 0 Å². The molecule has 1 rings (SSSR count). The van der Waals surface area contributed by atoms with E-state index in [4.69, 9.17) is 5.73 Å². The number of benzene rings is 1. The van der Waals surface area contributed by atoms with E-state index in [0.29, 0.717) is 15.7 Å². The van der Waals surface area contributed by atoms with Crippen LogP contribution in [-0.4, -0.2) is 38.3 Å². The summed E-state index contributed by atoms with van der Waals surface area (Å²) in [5.74, 6) is -0.223. The Bertz CT molecular complexity index is 652. The second-order valence-electron chi connectivity index (χ2n) is 4.88. The molecule has 0 aliphatic rings. The zero-order chi connectivity index (χ0) is 16.4. The van der Waals surface area contributed by atoms with Gasteiger partial charge in [0.2, 0.25) is 15.9 Å². The first-order valence-corrected chi connectivity index (χ1v) is 8.60. The van der Waals surface area contributed by atoms with Crippen LogP contribution in [0.5, 0.6) is 0 Å². The summed E-state index contributed by atoms with van der Waals surface area (Å²) in [6, 6.07) is 2.82. The number of anilines is 1. The fourth-order valence-electron chi connectivity index (χ4n) is 1.77. The number of aryl methyl sites for hydroxylation is 1. The van der Waals surface area contributed by atoms with Crippen molar-refractivity contribution in [2.45, 2.75) is 31.7 Å². The summed E-state index contributed by atoms with van der Waals surface area (Å²) in [5.41, 5.74) is 6.62. The Morgan fingerprint density at radius 3 is 2.45 bits per heavy atom. The van der Waals surface area contributed by atoms with Gasteiger partial charge in [-0.15, -0.1) is 12.4 Å². The molecular weight excluding hydrogens is 394 g/mol. The van der Waals surface area contributed by atoms with Crippen LogP contribution in [-0.2, 0) is 14.8 Å². The highest BCUT2D eigenvalue weighted by Crippen LogP contribution is 2.30. The van der Waals surface area contributed by atoms with Crippen molar-refractivity contribution in [2.24, 2.45) is 5.73 Å². The second kappa shape index (κ2) is 8.26. The van der Waals surface area contributed by atoms with Gasteiger partial charge in [-0.2, -0.15) is 4.31 Å². The summed E-state index contributed by atoms with van der Waals surface area (Å²) in [6.07, 6.45) is 0. The number of hydrogen-bond donors (Lipinski definition) is 2. The van der Waals surface area contributed by atoms with Crippen molar-refractivity contribution in [2.75, 3.05) is 18.9 Å². The van der Waals surface area contributed by atoms with Gasteiger partial charge >= 0.3 is 0 Å². The normalized spacial score (nSPS) is 12.7. The maximum atomic E-state index is 12.6. The highest BCUT2D eigenvalue weighted by Gasteiger charge is 2.27. The Morgan fingerprint density at radius 1 is 1.45 bits per heavy atom. The zero-order valence-electron chi connectivity index (χ0n) is 12.9. The first-order valence-electron chi connectivity index (χ1n) is 6.37. The molecule has 0 fully saturated rings. The Morgan fingerprint density at radius 2 is 2.00 bits per heavy atom. The standard InChI is InChI=1S/C13H20BrN3O3S.ClH/c1-8-5-12(16-10(3)18)11(14)6-13(8)21(19,20)17(4)9(2)7-15;/h5-6,9H,7,15H2,1-4H3,(H,16,18);1H. The molecule has 1 amide bonds. The third-order valence-electron chi connectivity index (χ3n) is 3.19. The lowest BCUT2D eigenvalue weighted by atomic mass is 10.2. The smallest absolute Gasteiger partial charge is 0.243 e. The molecule has 126 valence electrons. The minimum atomic E-state index is -3.64. The highest BCUT2D eigenvalue weighted by atomic mass is 79.9. The van der Waals surface area contributed by atoms with Crippen molar-refractivity contribution < 1.29 is 13.2 Å². The van der Waals surface area contributed by atoms with E-state index in [1.165, 1.54) is 24.3 Å². The molecule has 9 heteroatoms. The van der Waals surface area contributed by atoms with Crippen molar-refractivity contribution in [3.63, 3.8) is 0 Å². The van der Waals surface area contributed by atoms with E-state index >= 15 is 0 Å². The molecule has 1 atom stereocenters. The molecular formula is C13H21BrClN3O3S. The van der Waals surface area contributed by atoms with Crippen LogP contribution in [0.2, 0.25) is 0 Å². The van der Waals surface area contributed by atoms with Gasteiger partial charge < -0.3 is 11.1 Å². The molecule has 0 saturated carbocycles. The predicted octanol–water partition coefficient (Wildman–Crippen LogP) is 2.11. The Labute approximate surface area is 146 Å². The summed E-state index contributed by atoms with van der Waals surface area (Å²) in [4.78, 5) is 11.3. The number of nitrogens with two attached hydrogens (primary N) is 1.